The molecule has 2 aromatic rings. The van der Waals surface area contributed by atoms with Crippen molar-refractivity contribution >= 4 is 23.6 Å². The molecule has 0 amide bonds. The molecule has 15 heavy (non-hydrogen) atoms. The summed E-state index contributed by atoms with van der Waals surface area (Å²) in [5, 5.41) is 9.99. The van der Waals surface area contributed by atoms with Crippen LogP contribution in [0.25, 0.3) is 0 Å². The Morgan fingerprint density at radius 1 is 1.53 bits per heavy atom. The average Bonchev–Trinajstić information content (AvgIpc) is 2.73. The van der Waals surface area contributed by atoms with Crippen molar-refractivity contribution in [3.8, 4) is 0 Å². The number of nitrogens with zero attached hydrogens (tertiary/aromatic N) is 3. The quantitative estimate of drug-likeness (QED) is 0.821. The van der Waals surface area contributed by atoms with Crippen LogP contribution in [0.4, 0.5) is 0 Å². The van der Waals surface area contributed by atoms with Gasteiger partial charge in [0.1, 0.15) is 10.8 Å². The molecule has 0 spiro atoms. The molecule has 6 heteroatoms. The topological polar surface area (TPSA) is 46.5 Å². The number of aromatic nitrogens is 4. The molecular weight excluding hydrogens is 228 g/mol. The lowest BCUT2D eigenvalue weighted by atomic mass is 10.3. The van der Waals surface area contributed by atoms with E-state index in [1.807, 2.05) is 23.8 Å². The summed E-state index contributed by atoms with van der Waals surface area (Å²) >= 11 is 6.83. The molecule has 0 aromatic carbocycles. The highest BCUT2D eigenvalue weighted by molar-refractivity contribution is 7.71. The lowest BCUT2D eigenvalue weighted by molar-refractivity contribution is 0.606. The largest absolute Gasteiger partial charge is 0.295 e. The van der Waals surface area contributed by atoms with Crippen molar-refractivity contribution in [1.82, 2.24) is 19.7 Å². The highest BCUT2D eigenvalue weighted by Crippen LogP contribution is 2.22. The fourth-order valence-corrected chi connectivity index (χ4v) is 2.69. The first-order valence-corrected chi connectivity index (χ1v) is 5.94. The van der Waals surface area contributed by atoms with Crippen LogP contribution < -0.4 is 0 Å². The zero-order valence-corrected chi connectivity index (χ0v) is 10.4. The fraction of sp³-hybridized carbons (Fsp3) is 0.444. The van der Waals surface area contributed by atoms with Gasteiger partial charge in [-0.3, -0.25) is 9.67 Å². The molecule has 0 radical (unpaired) electrons. The van der Waals surface area contributed by atoms with Gasteiger partial charge in [-0.1, -0.05) is 0 Å². The Morgan fingerprint density at radius 2 is 2.27 bits per heavy atom. The molecule has 2 rings (SSSR count). The van der Waals surface area contributed by atoms with Crippen LogP contribution in [0, 0.1) is 18.6 Å². The van der Waals surface area contributed by atoms with Gasteiger partial charge in [-0.15, -0.1) is 11.3 Å². The van der Waals surface area contributed by atoms with Gasteiger partial charge in [-0.05, 0) is 33.0 Å². The highest BCUT2D eigenvalue weighted by Gasteiger charge is 2.14. The summed E-state index contributed by atoms with van der Waals surface area (Å²) in [5.41, 5.74) is 1.05. The van der Waals surface area contributed by atoms with E-state index < -0.39 is 0 Å². The van der Waals surface area contributed by atoms with Crippen molar-refractivity contribution in [2.75, 3.05) is 0 Å². The number of aryl methyl sites for hydroxylation is 2. The molecule has 2 aromatic heterocycles. The summed E-state index contributed by atoms with van der Waals surface area (Å²) in [5.74, 6) is 0.889. The summed E-state index contributed by atoms with van der Waals surface area (Å²) in [7, 11) is 0. The van der Waals surface area contributed by atoms with Crippen LogP contribution in [-0.4, -0.2) is 19.7 Å². The van der Waals surface area contributed by atoms with Crippen LogP contribution >= 0.6 is 23.6 Å². The predicted molar refractivity (Wildman–Crippen MR) is 62.8 cm³/mol. The Kier molecular flexibility index (Phi) is 2.70. The third kappa shape index (κ3) is 1.87. The standard InChI is InChI=1S/C9H12N4S2/c1-5-4-15-8(10-5)6(2)13-7(3)11-12-9(13)14/h4,6H,1-3H3,(H,12,14). The summed E-state index contributed by atoms with van der Waals surface area (Å²) in [4.78, 5) is 4.46. The Balaban J connectivity index is 2.44. The molecule has 0 fully saturated rings. The van der Waals surface area contributed by atoms with Gasteiger partial charge in [-0.2, -0.15) is 5.10 Å². The molecule has 2 heterocycles. The highest BCUT2D eigenvalue weighted by atomic mass is 32.1. The first-order chi connectivity index (χ1) is 7.09. The second-order valence-electron chi connectivity index (χ2n) is 3.45. The van der Waals surface area contributed by atoms with Gasteiger partial charge in [-0.25, -0.2) is 4.98 Å². The average molecular weight is 240 g/mol. The van der Waals surface area contributed by atoms with E-state index in [0.29, 0.717) is 4.77 Å². The number of nitrogens with one attached hydrogen (secondary N) is 1. The Hall–Kier alpha value is -1.01. The number of rotatable bonds is 2. The minimum atomic E-state index is 0.148. The van der Waals surface area contributed by atoms with E-state index in [9.17, 15) is 0 Å². The molecule has 0 aliphatic carbocycles. The van der Waals surface area contributed by atoms with Crippen molar-refractivity contribution in [2.24, 2.45) is 0 Å². The zero-order valence-electron chi connectivity index (χ0n) is 8.81. The van der Waals surface area contributed by atoms with E-state index in [0.717, 1.165) is 16.5 Å². The van der Waals surface area contributed by atoms with E-state index in [1.165, 1.54) is 0 Å². The zero-order chi connectivity index (χ0) is 11.0. The molecule has 0 bridgehead atoms. The lowest BCUT2D eigenvalue weighted by Gasteiger charge is -2.10. The first-order valence-electron chi connectivity index (χ1n) is 4.65. The van der Waals surface area contributed by atoms with Gasteiger partial charge < -0.3 is 0 Å². The maximum absolute atomic E-state index is 5.18. The van der Waals surface area contributed by atoms with Crippen LogP contribution in [0.2, 0.25) is 0 Å². The summed E-state index contributed by atoms with van der Waals surface area (Å²) in [6.45, 7) is 6.01. The van der Waals surface area contributed by atoms with E-state index in [2.05, 4.69) is 22.1 Å². The maximum Gasteiger partial charge on any atom is 0.195 e. The number of thiazole rings is 1. The maximum atomic E-state index is 5.18. The molecule has 80 valence electrons. The molecule has 0 aliphatic rings. The van der Waals surface area contributed by atoms with E-state index in [1.54, 1.807) is 11.3 Å². The molecular formula is C9H12N4S2. The second-order valence-corrected chi connectivity index (χ2v) is 4.73. The SMILES string of the molecule is Cc1csc(C(C)n2c(C)n[nH]c2=S)n1. The predicted octanol–water partition coefficient (Wildman–Crippen LogP) is 2.62. The van der Waals surface area contributed by atoms with E-state index >= 15 is 0 Å². The number of aromatic amines is 1. The van der Waals surface area contributed by atoms with Gasteiger partial charge in [0.05, 0.1) is 6.04 Å². The van der Waals surface area contributed by atoms with Gasteiger partial charge in [0.2, 0.25) is 0 Å². The van der Waals surface area contributed by atoms with Gasteiger partial charge >= 0.3 is 0 Å². The summed E-state index contributed by atoms with van der Waals surface area (Å²) in [6, 6.07) is 0.148. The van der Waals surface area contributed by atoms with Crippen LogP contribution in [0.1, 0.15) is 29.5 Å². The number of hydrogen-bond acceptors (Lipinski definition) is 4. The fourth-order valence-electron chi connectivity index (χ4n) is 1.51. The smallest absolute Gasteiger partial charge is 0.195 e. The van der Waals surface area contributed by atoms with Crippen molar-refractivity contribution in [1.29, 1.82) is 0 Å². The van der Waals surface area contributed by atoms with E-state index in [-0.39, 0.29) is 6.04 Å². The molecule has 0 aliphatic heterocycles. The van der Waals surface area contributed by atoms with Gasteiger partial charge in [0, 0.05) is 11.1 Å². The molecule has 1 N–H and O–H groups in total. The first kappa shape index (κ1) is 10.5. The van der Waals surface area contributed by atoms with Crippen molar-refractivity contribution in [2.45, 2.75) is 26.8 Å². The van der Waals surface area contributed by atoms with Crippen molar-refractivity contribution in [3.05, 3.63) is 26.7 Å². The van der Waals surface area contributed by atoms with E-state index in [4.69, 9.17) is 12.2 Å². The van der Waals surface area contributed by atoms with Crippen molar-refractivity contribution in [3.63, 3.8) is 0 Å². The molecule has 0 saturated carbocycles. The molecule has 1 unspecified atom stereocenters. The number of hydrogen-bond donors (Lipinski definition) is 1. The summed E-state index contributed by atoms with van der Waals surface area (Å²) in [6.07, 6.45) is 0. The lowest BCUT2D eigenvalue weighted by Crippen LogP contribution is -2.08. The summed E-state index contributed by atoms with van der Waals surface area (Å²) < 4.78 is 2.63. The second kappa shape index (κ2) is 3.86. The molecule has 1 atom stereocenters. The van der Waals surface area contributed by atoms with Crippen LogP contribution in [0.3, 0.4) is 0 Å². The Bertz CT molecular complexity index is 522. The third-order valence-corrected chi connectivity index (χ3v) is 3.68. The molecule has 4 nitrogen and oxygen atoms in total. The monoisotopic (exact) mass is 240 g/mol. The third-order valence-electron chi connectivity index (χ3n) is 2.26. The minimum Gasteiger partial charge on any atom is -0.295 e. The Morgan fingerprint density at radius 3 is 2.73 bits per heavy atom. The van der Waals surface area contributed by atoms with Crippen LogP contribution in [-0.2, 0) is 0 Å². The van der Waals surface area contributed by atoms with Gasteiger partial charge in [0.25, 0.3) is 0 Å². The van der Waals surface area contributed by atoms with Crippen molar-refractivity contribution < 1.29 is 0 Å². The van der Waals surface area contributed by atoms with Crippen LogP contribution in [0.5, 0.6) is 0 Å². The van der Waals surface area contributed by atoms with Gasteiger partial charge in [0.15, 0.2) is 4.77 Å². The Labute approximate surface area is 97.0 Å². The molecule has 0 saturated heterocycles. The number of H-pyrrole nitrogens is 1. The normalized spacial score (nSPS) is 13.0. The van der Waals surface area contributed by atoms with Crippen LogP contribution in [0.15, 0.2) is 5.38 Å². The minimum absolute atomic E-state index is 0.148.